The quantitative estimate of drug-likeness (QED) is 0.836. The molecule has 1 aromatic carbocycles. The first kappa shape index (κ1) is 11.6. The molecule has 2 rings (SSSR count). The van der Waals surface area contributed by atoms with Gasteiger partial charge in [0.2, 0.25) is 0 Å². The number of hydrogen-bond acceptors (Lipinski definition) is 3. The fourth-order valence-electron chi connectivity index (χ4n) is 1.30. The Balaban J connectivity index is 2.13. The zero-order valence-corrected chi connectivity index (χ0v) is 11.3. The van der Waals surface area contributed by atoms with Crippen LogP contribution in [0.1, 0.15) is 13.3 Å². The highest BCUT2D eigenvalue weighted by Crippen LogP contribution is 2.27. The van der Waals surface area contributed by atoms with E-state index in [9.17, 15) is 0 Å². The molecule has 0 aliphatic carbocycles. The Morgan fingerprint density at radius 2 is 2.06 bits per heavy atom. The molecule has 0 N–H and O–H groups in total. The highest BCUT2D eigenvalue weighted by molar-refractivity contribution is 9.10. The lowest BCUT2D eigenvalue weighted by atomic mass is 10.2. The summed E-state index contributed by atoms with van der Waals surface area (Å²) in [6, 6.07) is 8.05. The highest BCUT2D eigenvalue weighted by Gasteiger charge is 2.03. The molecule has 4 heteroatoms. The Morgan fingerprint density at radius 1 is 1.31 bits per heavy atom. The standard InChI is InChI=1S/C12H12BrNOS/c1-2-7-15-10-5-3-9(4-6-10)12-14-11(13)8-16-12/h3-6,8H,2,7H2,1H3. The molecule has 1 heterocycles. The van der Waals surface area contributed by atoms with E-state index < -0.39 is 0 Å². The molecule has 0 atom stereocenters. The largest absolute Gasteiger partial charge is 0.494 e. The average Bonchev–Trinajstić information content (AvgIpc) is 2.74. The van der Waals surface area contributed by atoms with Crippen molar-refractivity contribution in [2.24, 2.45) is 0 Å². The molecule has 0 bridgehead atoms. The molecule has 84 valence electrons. The first-order valence-electron chi connectivity index (χ1n) is 5.14. The molecule has 2 nitrogen and oxygen atoms in total. The maximum Gasteiger partial charge on any atom is 0.124 e. The van der Waals surface area contributed by atoms with Crippen LogP contribution in [0.2, 0.25) is 0 Å². The van der Waals surface area contributed by atoms with Crippen LogP contribution < -0.4 is 4.74 Å². The summed E-state index contributed by atoms with van der Waals surface area (Å²) in [6.45, 7) is 2.86. The van der Waals surface area contributed by atoms with Crippen LogP contribution in [-0.2, 0) is 0 Å². The molecule has 0 fully saturated rings. The fourth-order valence-corrected chi connectivity index (χ4v) is 2.56. The molecule has 16 heavy (non-hydrogen) atoms. The second kappa shape index (κ2) is 5.46. The number of thiazole rings is 1. The summed E-state index contributed by atoms with van der Waals surface area (Å²) >= 11 is 4.98. The molecular formula is C12H12BrNOS. The lowest BCUT2D eigenvalue weighted by Gasteiger charge is -2.04. The molecule has 0 aliphatic heterocycles. The van der Waals surface area contributed by atoms with Gasteiger partial charge in [0.1, 0.15) is 15.4 Å². The van der Waals surface area contributed by atoms with E-state index in [4.69, 9.17) is 4.74 Å². The number of aromatic nitrogens is 1. The van der Waals surface area contributed by atoms with Gasteiger partial charge in [0.15, 0.2) is 0 Å². The van der Waals surface area contributed by atoms with E-state index in [1.807, 2.05) is 29.6 Å². The third-order valence-electron chi connectivity index (χ3n) is 2.05. The lowest BCUT2D eigenvalue weighted by Crippen LogP contribution is -1.94. The summed E-state index contributed by atoms with van der Waals surface area (Å²) in [7, 11) is 0. The summed E-state index contributed by atoms with van der Waals surface area (Å²) in [5, 5.41) is 3.01. The van der Waals surface area contributed by atoms with Gasteiger partial charge in [-0.25, -0.2) is 4.98 Å². The van der Waals surface area contributed by atoms with Crippen molar-refractivity contribution in [1.29, 1.82) is 0 Å². The van der Waals surface area contributed by atoms with Crippen molar-refractivity contribution in [3.05, 3.63) is 34.2 Å². The first-order chi connectivity index (χ1) is 7.79. The van der Waals surface area contributed by atoms with E-state index in [2.05, 4.69) is 27.8 Å². The fraction of sp³-hybridized carbons (Fsp3) is 0.250. The van der Waals surface area contributed by atoms with Crippen molar-refractivity contribution >= 4 is 27.3 Å². The number of hydrogen-bond donors (Lipinski definition) is 0. The van der Waals surface area contributed by atoms with Gasteiger partial charge in [-0.3, -0.25) is 0 Å². The summed E-state index contributed by atoms with van der Waals surface area (Å²) in [5.41, 5.74) is 1.12. The minimum atomic E-state index is 0.766. The Morgan fingerprint density at radius 3 is 2.62 bits per heavy atom. The van der Waals surface area contributed by atoms with Gasteiger partial charge < -0.3 is 4.74 Å². The van der Waals surface area contributed by atoms with E-state index in [0.717, 1.165) is 34.0 Å². The summed E-state index contributed by atoms with van der Waals surface area (Å²) in [5.74, 6) is 0.918. The zero-order chi connectivity index (χ0) is 11.4. The third kappa shape index (κ3) is 2.83. The number of benzene rings is 1. The van der Waals surface area contributed by atoms with Gasteiger partial charge >= 0.3 is 0 Å². The van der Waals surface area contributed by atoms with Crippen LogP contribution in [0.15, 0.2) is 34.2 Å². The Labute approximate surface area is 107 Å². The molecule has 0 saturated heterocycles. The van der Waals surface area contributed by atoms with Crippen LogP contribution in [0.5, 0.6) is 5.75 Å². The minimum Gasteiger partial charge on any atom is -0.494 e. The molecule has 0 radical (unpaired) electrons. The Kier molecular flexibility index (Phi) is 3.96. The maximum absolute atomic E-state index is 5.52. The van der Waals surface area contributed by atoms with Gasteiger partial charge in [-0.15, -0.1) is 11.3 Å². The van der Waals surface area contributed by atoms with Gasteiger partial charge in [-0.2, -0.15) is 0 Å². The molecule has 1 aromatic heterocycles. The van der Waals surface area contributed by atoms with Gasteiger partial charge in [0, 0.05) is 10.9 Å². The smallest absolute Gasteiger partial charge is 0.124 e. The van der Waals surface area contributed by atoms with Gasteiger partial charge in [-0.05, 0) is 46.6 Å². The van der Waals surface area contributed by atoms with E-state index in [0.29, 0.717) is 0 Å². The Hall–Kier alpha value is -0.870. The Bertz CT molecular complexity index is 452. The molecule has 0 unspecified atom stereocenters. The minimum absolute atomic E-state index is 0.766. The maximum atomic E-state index is 5.52. The van der Waals surface area contributed by atoms with Crippen LogP contribution in [0.3, 0.4) is 0 Å². The van der Waals surface area contributed by atoms with E-state index in [1.54, 1.807) is 11.3 Å². The van der Waals surface area contributed by atoms with Gasteiger partial charge in [-0.1, -0.05) is 6.92 Å². The lowest BCUT2D eigenvalue weighted by molar-refractivity contribution is 0.317. The molecule has 2 aromatic rings. The number of nitrogens with zero attached hydrogens (tertiary/aromatic N) is 1. The van der Waals surface area contributed by atoms with Crippen LogP contribution in [0.4, 0.5) is 0 Å². The number of ether oxygens (including phenoxy) is 1. The summed E-state index contributed by atoms with van der Waals surface area (Å²) in [6.07, 6.45) is 1.03. The SMILES string of the molecule is CCCOc1ccc(-c2nc(Br)cs2)cc1. The van der Waals surface area contributed by atoms with Crippen molar-refractivity contribution < 1.29 is 4.74 Å². The second-order valence-corrected chi connectivity index (χ2v) is 5.02. The van der Waals surface area contributed by atoms with Crippen molar-refractivity contribution in [1.82, 2.24) is 4.98 Å². The topological polar surface area (TPSA) is 22.1 Å². The van der Waals surface area contributed by atoms with E-state index >= 15 is 0 Å². The first-order valence-corrected chi connectivity index (χ1v) is 6.81. The molecule has 0 spiro atoms. The van der Waals surface area contributed by atoms with Crippen LogP contribution in [-0.4, -0.2) is 11.6 Å². The van der Waals surface area contributed by atoms with Crippen molar-refractivity contribution in [2.45, 2.75) is 13.3 Å². The normalized spacial score (nSPS) is 10.4. The van der Waals surface area contributed by atoms with Gasteiger partial charge in [0.05, 0.1) is 6.61 Å². The number of halogens is 1. The molecule has 0 saturated carbocycles. The van der Waals surface area contributed by atoms with Crippen LogP contribution in [0, 0.1) is 0 Å². The van der Waals surface area contributed by atoms with E-state index in [1.165, 1.54) is 0 Å². The predicted molar refractivity (Wildman–Crippen MR) is 71.0 cm³/mol. The van der Waals surface area contributed by atoms with Crippen LogP contribution >= 0.6 is 27.3 Å². The third-order valence-corrected chi connectivity index (χ3v) is 3.65. The predicted octanol–water partition coefficient (Wildman–Crippen LogP) is 4.36. The van der Waals surface area contributed by atoms with Crippen LogP contribution in [0.25, 0.3) is 10.6 Å². The zero-order valence-electron chi connectivity index (χ0n) is 8.94. The molecule has 0 aliphatic rings. The second-order valence-electron chi connectivity index (χ2n) is 3.35. The average molecular weight is 298 g/mol. The summed E-state index contributed by atoms with van der Waals surface area (Å²) in [4.78, 5) is 4.37. The van der Waals surface area contributed by atoms with E-state index in [-0.39, 0.29) is 0 Å². The van der Waals surface area contributed by atoms with Gasteiger partial charge in [0.25, 0.3) is 0 Å². The monoisotopic (exact) mass is 297 g/mol. The van der Waals surface area contributed by atoms with Crippen molar-refractivity contribution in [2.75, 3.05) is 6.61 Å². The van der Waals surface area contributed by atoms with Crippen molar-refractivity contribution in [3.8, 4) is 16.3 Å². The molecule has 0 amide bonds. The summed E-state index contributed by atoms with van der Waals surface area (Å²) < 4.78 is 6.41. The highest BCUT2D eigenvalue weighted by atomic mass is 79.9. The number of rotatable bonds is 4. The van der Waals surface area contributed by atoms with Crippen molar-refractivity contribution in [3.63, 3.8) is 0 Å². The molecular weight excluding hydrogens is 286 g/mol.